The van der Waals surface area contributed by atoms with Crippen LogP contribution in [0.2, 0.25) is 0 Å². The average Bonchev–Trinajstić information content (AvgIpc) is 2.39. The summed E-state index contributed by atoms with van der Waals surface area (Å²) in [7, 11) is -5.29. The molecule has 0 radical (unpaired) electrons. The summed E-state index contributed by atoms with van der Waals surface area (Å²) in [6, 6.07) is -1.36. The minimum atomic E-state index is -5.29. The highest BCUT2D eigenvalue weighted by Crippen LogP contribution is 2.40. The van der Waals surface area contributed by atoms with E-state index in [4.69, 9.17) is 25.4 Å². The van der Waals surface area contributed by atoms with Gasteiger partial charge in [0, 0.05) is 6.42 Å². The Bertz CT molecular complexity index is 455. The van der Waals surface area contributed by atoms with E-state index < -0.39 is 63.1 Å². The van der Waals surface area contributed by atoms with Crippen molar-refractivity contribution in [1.29, 1.82) is 0 Å². The third-order valence-electron chi connectivity index (χ3n) is 3.08. The van der Waals surface area contributed by atoms with Crippen LogP contribution in [0.25, 0.3) is 0 Å². The average molecular weight is 347 g/mol. The highest BCUT2D eigenvalue weighted by molar-refractivity contribution is 7.46. The van der Waals surface area contributed by atoms with Crippen LogP contribution < -0.4 is 5.73 Å². The van der Waals surface area contributed by atoms with Crippen molar-refractivity contribution in [2.45, 2.75) is 42.7 Å². The molecule has 3 unspecified atom stereocenters. The summed E-state index contributed by atoms with van der Waals surface area (Å²) in [5.74, 6) is -4.90. The molecule has 1 aliphatic rings. The zero-order chi connectivity index (χ0) is 17.3. The summed E-state index contributed by atoms with van der Waals surface area (Å²) < 4.78 is 19.1. The third-order valence-corrected chi connectivity index (χ3v) is 3.48. The maximum Gasteiger partial charge on any atom is 0.527 e. The van der Waals surface area contributed by atoms with Crippen molar-refractivity contribution in [3.8, 4) is 0 Å². The Labute approximate surface area is 123 Å². The first kappa shape index (κ1) is 19.4. The lowest BCUT2D eigenvalue weighted by Gasteiger charge is -2.43. The van der Waals surface area contributed by atoms with Crippen molar-refractivity contribution in [3.05, 3.63) is 0 Å². The van der Waals surface area contributed by atoms with Gasteiger partial charge in [-0.3, -0.25) is 9.79 Å². The fourth-order valence-electron chi connectivity index (χ4n) is 1.93. The highest BCUT2D eigenvalue weighted by Gasteiger charge is 2.54. The van der Waals surface area contributed by atoms with E-state index in [2.05, 4.69) is 4.52 Å². The second-order valence-corrected chi connectivity index (χ2v) is 5.99. The molecular weight excluding hydrogens is 329 g/mol. The number of phosphoric acid groups is 1. The number of carbonyl (C=O) groups is 1. The quantitative estimate of drug-likeness (QED) is 0.220. The molecule has 0 aliphatic carbocycles. The van der Waals surface area contributed by atoms with Crippen molar-refractivity contribution in [3.63, 3.8) is 0 Å². The van der Waals surface area contributed by atoms with Gasteiger partial charge in [-0.1, -0.05) is 0 Å². The van der Waals surface area contributed by atoms with Crippen molar-refractivity contribution in [2.75, 3.05) is 6.61 Å². The van der Waals surface area contributed by atoms with Gasteiger partial charge >= 0.3 is 13.8 Å². The minimum Gasteiger partial charge on any atom is -0.394 e. The smallest absolute Gasteiger partial charge is 0.394 e. The van der Waals surface area contributed by atoms with Crippen molar-refractivity contribution < 1.29 is 53.9 Å². The summed E-state index contributed by atoms with van der Waals surface area (Å²) in [4.78, 5) is 28.6. The number of hydrogen-bond acceptors (Lipinski definition) is 10. The van der Waals surface area contributed by atoms with Gasteiger partial charge in [-0.25, -0.2) is 9.36 Å². The minimum absolute atomic E-state index is 0.883. The number of hydrogen-bond donors (Lipinski definition) is 8. The molecule has 1 rings (SSSR count). The molecule has 13 heteroatoms. The molecule has 6 atom stereocenters. The molecule has 0 spiro atoms. The largest absolute Gasteiger partial charge is 0.527 e. The van der Waals surface area contributed by atoms with Crippen LogP contribution in [-0.2, 0) is 18.6 Å². The van der Waals surface area contributed by atoms with E-state index in [1.54, 1.807) is 0 Å². The Morgan fingerprint density at radius 2 is 2.00 bits per heavy atom. The summed E-state index contributed by atoms with van der Waals surface area (Å²) in [5, 5.41) is 47.5. The van der Waals surface area contributed by atoms with Gasteiger partial charge in [0.1, 0.15) is 18.3 Å². The van der Waals surface area contributed by atoms with E-state index in [1.165, 1.54) is 0 Å². The molecule has 0 saturated carbocycles. The molecule has 22 heavy (non-hydrogen) atoms. The first-order valence-corrected chi connectivity index (χ1v) is 7.54. The number of phosphoric ester groups is 1. The van der Waals surface area contributed by atoms with Crippen molar-refractivity contribution in [1.82, 2.24) is 0 Å². The van der Waals surface area contributed by atoms with Crippen LogP contribution in [0.5, 0.6) is 0 Å². The zero-order valence-electron chi connectivity index (χ0n) is 11.1. The molecule has 1 saturated heterocycles. The lowest BCUT2D eigenvalue weighted by Crippen LogP contribution is -2.65. The van der Waals surface area contributed by atoms with Crippen LogP contribution in [0.3, 0.4) is 0 Å². The summed E-state index contributed by atoms with van der Waals surface area (Å²) in [5.41, 5.74) is 5.52. The maximum absolute atomic E-state index is 11.6. The number of aliphatic hydroxyl groups is 5. The Balaban J connectivity index is 2.99. The maximum atomic E-state index is 11.6. The monoisotopic (exact) mass is 347 g/mol. The molecule has 0 bridgehead atoms. The molecule has 130 valence electrons. The normalized spacial score (nSPS) is 35.7. The van der Waals surface area contributed by atoms with Gasteiger partial charge in [-0.15, -0.1) is 0 Å². The number of rotatable bonds is 5. The van der Waals surface area contributed by atoms with E-state index in [0.717, 1.165) is 0 Å². The van der Waals surface area contributed by atoms with E-state index in [9.17, 15) is 29.8 Å². The third kappa shape index (κ3) is 4.43. The standard InChI is InChI=1S/C9H18NO11P/c10-5-3(12)1-9(16,8(15)21-22(17,18)19)20-7(5)6(14)4(13)2-11/h3-7,11-14,16H,1-2,10H2,(H2,17,18,19)/t3-,4?,5+,6?,7+,9?/m0/s1. The summed E-state index contributed by atoms with van der Waals surface area (Å²) in [6.07, 6.45) is -7.90. The molecule has 12 nitrogen and oxygen atoms in total. The van der Waals surface area contributed by atoms with Crippen LogP contribution in [0.15, 0.2) is 0 Å². The van der Waals surface area contributed by atoms with Crippen LogP contribution in [0, 0.1) is 0 Å². The van der Waals surface area contributed by atoms with Crippen molar-refractivity contribution >= 4 is 13.8 Å². The fraction of sp³-hybridized carbons (Fsp3) is 0.889. The van der Waals surface area contributed by atoms with Gasteiger partial charge < -0.3 is 40.5 Å². The molecule has 0 aromatic rings. The highest BCUT2D eigenvalue weighted by atomic mass is 31.2. The Morgan fingerprint density at radius 1 is 1.45 bits per heavy atom. The van der Waals surface area contributed by atoms with Gasteiger partial charge in [-0.05, 0) is 0 Å². The molecule has 0 aromatic carbocycles. The lowest BCUT2D eigenvalue weighted by atomic mass is 9.89. The summed E-state index contributed by atoms with van der Waals surface area (Å²) >= 11 is 0. The molecular formula is C9H18NO11P. The first-order chi connectivity index (χ1) is 9.91. The van der Waals surface area contributed by atoms with Crippen LogP contribution in [0.4, 0.5) is 0 Å². The van der Waals surface area contributed by atoms with Crippen molar-refractivity contribution in [2.24, 2.45) is 5.73 Å². The Kier molecular flexibility index (Phi) is 6.03. The van der Waals surface area contributed by atoms with Gasteiger partial charge in [0.2, 0.25) is 0 Å². The van der Waals surface area contributed by atoms with Gasteiger partial charge in [-0.2, -0.15) is 0 Å². The summed E-state index contributed by atoms with van der Waals surface area (Å²) in [6.45, 7) is -0.908. The molecule has 1 heterocycles. The predicted molar refractivity (Wildman–Crippen MR) is 65.7 cm³/mol. The molecule has 0 amide bonds. The molecule has 9 N–H and O–H groups in total. The topological polar surface area (TPSA) is 220 Å². The molecule has 0 aromatic heterocycles. The van der Waals surface area contributed by atoms with Crippen LogP contribution >= 0.6 is 7.82 Å². The first-order valence-electron chi connectivity index (χ1n) is 6.01. The Morgan fingerprint density at radius 3 is 2.45 bits per heavy atom. The van der Waals surface area contributed by atoms with E-state index in [-0.39, 0.29) is 0 Å². The Hall–Kier alpha value is -0.660. The second-order valence-electron chi connectivity index (χ2n) is 4.83. The van der Waals surface area contributed by atoms with E-state index >= 15 is 0 Å². The van der Waals surface area contributed by atoms with Gasteiger partial charge in [0.05, 0.1) is 18.8 Å². The number of carbonyl (C=O) groups excluding carboxylic acids is 1. The molecule has 1 aliphatic heterocycles. The van der Waals surface area contributed by atoms with Crippen LogP contribution in [0.1, 0.15) is 6.42 Å². The van der Waals surface area contributed by atoms with E-state index in [1.807, 2.05) is 0 Å². The zero-order valence-corrected chi connectivity index (χ0v) is 12.0. The van der Waals surface area contributed by atoms with Gasteiger partial charge in [0.25, 0.3) is 5.79 Å². The number of ether oxygens (including phenoxy) is 1. The number of nitrogens with two attached hydrogens (primary N) is 1. The molecule has 1 fully saturated rings. The lowest BCUT2D eigenvalue weighted by molar-refractivity contribution is -0.291. The van der Waals surface area contributed by atoms with E-state index in [0.29, 0.717) is 0 Å². The number of aliphatic hydroxyl groups excluding tert-OH is 4. The van der Waals surface area contributed by atoms with Crippen LogP contribution in [-0.4, -0.2) is 84.1 Å². The van der Waals surface area contributed by atoms with Gasteiger partial charge in [0.15, 0.2) is 0 Å². The second kappa shape index (κ2) is 6.84. The predicted octanol–water partition coefficient (Wildman–Crippen LogP) is -4.50. The fourth-order valence-corrected chi connectivity index (χ4v) is 2.28. The SMILES string of the molecule is N[C@@H]1[C@@H](O)CC(O)(C(=O)OP(=O)(O)O)O[C@H]1C(O)C(O)CO.